The third-order valence-electron chi connectivity index (χ3n) is 4.55. The lowest BCUT2D eigenvalue weighted by Gasteiger charge is -2.12. The molecular weight excluding hydrogens is 292 g/mol. The molecule has 0 saturated heterocycles. The van der Waals surface area contributed by atoms with Crippen molar-refractivity contribution in [3.05, 3.63) is 85.2 Å². The molecule has 0 saturated carbocycles. The molecule has 112 valence electrons. The van der Waals surface area contributed by atoms with Gasteiger partial charge in [0.1, 0.15) is 0 Å². The summed E-state index contributed by atoms with van der Waals surface area (Å²) in [5.74, 6) is 0. The minimum atomic E-state index is 1.01. The van der Waals surface area contributed by atoms with E-state index >= 15 is 0 Å². The molecular formula is C22H14N2. The topological polar surface area (TPSA) is 25.8 Å². The quantitative estimate of drug-likeness (QED) is 0.376. The average molecular weight is 306 g/mol. The van der Waals surface area contributed by atoms with Crippen molar-refractivity contribution >= 4 is 32.6 Å². The molecule has 0 spiro atoms. The Morgan fingerprint density at radius 2 is 1.21 bits per heavy atom. The van der Waals surface area contributed by atoms with Crippen LogP contribution in [0.2, 0.25) is 0 Å². The van der Waals surface area contributed by atoms with Gasteiger partial charge in [-0.2, -0.15) is 0 Å². The van der Waals surface area contributed by atoms with E-state index in [2.05, 4.69) is 59.6 Å². The Morgan fingerprint density at radius 3 is 2.04 bits per heavy atom. The van der Waals surface area contributed by atoms with Crippen LogP contribution in [0, 0.1) is 0 Å². The highest BCUT2D eigenvalue weighted by atomic mass is 14.7. The molecule has 5 aromatic rings. The van der Waals surface area contributed by atoms with Crippen molar-refractivity contribution in [3.63, 3.8) is 0 Å². The Bertz CT molecular complexity index is 1150. The number of pyridine rings is 2. The number of hydrogen-bond acceptors (Lipinski definition) is 2. The van der Waals surface area contributed by atoms with Gasteiger partial charge >= 0.3 is 0 Å². The Labute approximate surface area is 139 Å². The van der Waals surface area contributed by atoms with Crippen LogP contribution in [0.4, 0.5) is 0 Å². The summed E-state index contributed by atoms with van der Waals surface area (Å²) in [4.78, 5) is 9.33. The summed E-state index contributed by atoms with van der Waals surface area (Å²) in [6.07, 6.45) is 3.71. The molecule has 5 rings (SSSR count). The van der Waals surface area contributed by atoms with Crippen LogP contribution in [-0.4, -0.2) is 9.97 Å². The Balaban J connectivity index is 2.09. The predicted octanol–water partition coefficient (Wildman–Crippen LogP) is 5.60. The van der Waals surface area contributed by atoms with Crippen molar-refractivity contribution in [2.75, 3.05) is 0 Å². The van der Waals surface area contributed by atoms with Gasteiger partial charge in [0.25, 0.3) is 0 Å². The average Bonchev–Trinajstić information content (AvgIpc) is 2.68. The van der Waals surface area contributed by atoms with Gasteiger partial charge in [0.05, 0.1) is 11.0 Å². The highest BCUT2D eigenvalue weighted by molar-refractivity contribution is 6.26. The lowest BCUT2D eigenvalue weighted by Crippen LogP contribution is -1.90. The van der Waals surface area contributed by atoms with E-state index in [1.165, 1.54) is 27.3 Å². The van der Waals surface area contributed by atoms with Crippen molar-refractivity contribution in [2.45, 2.75) is 0 Å². The second-order valence-electron chi connectivity index (χ2n) is 5.89. The summed E-state index contributed by atoms with van der Waals surface area (Å²) in [6, 6.07) is 25.2. The SMILES string of the molecule is c1ccc(-c2cccc3c4cccnc4c4cccnc4c23)cc1. The van der Waals surface area contributed by atoms with Crippen molar-refractivity contribution in [3.8, 4) is 11.1 Å². The van der Waals surface area contributed by atoms with Gasteiger partial charge in [-0.15, -0.1) is 0 Å². The molecule has 0 radical (unpaired) electrons. The molecule has 0 fully saturated rings. The zero-order valence-electron chi connectivity index (χ0n) is 13.0. The summed E-state index contributed by atoms with van der Waals surface area (Å²) < 4.78 is 0. The molecule has 0 bridgehead atoms. The van der Waals surface area contributed by atoms with Crippen LogP contribution < -0.4 is 0 Å². The summed E-state index contributed by atoms with van der Waals surface area (Å²) in [5, 5.41) is 4.67. The van der Waals surface area contributed by atoms with E-state index in [9.17, 15) is 0 Å². The lowest BCUT2D eigenvalue weighted by molar-refractivity contribution is 1.40. The van der Waals surface area contributed by atoms with E-state index in [1.807, 2.05) is 30.6 Å². The molecule has 0 aliphatic heterocycles. The summed E-state index contributed by atoms with van der Waals surface area (Å²) >= 11 is 0. The van der Waals surface area contributed by atoms with Crippen LogP contribution in [0.1, 0.15) is 0 Å². The number of aromatic nitrogens is 2. The molecule has 0 amide bonds. The third-order valence-corrected chi connectivity index (χ3v) is 4.55. The minimum absolute atomic E-state index is 1.01. The maximum Gasteiger partial charge on any atom is 0.0808 e. The number of hydrogen-bond donors (Lipinski definition) is 0. The standard InChI is InChI=1S/C22H14N2/c1-2-7-15(8-3-1)16-9-4-10-17-18-11-5-13-23-21(18)19-12-6-14-24-22(19)20(16)17/h1-14H. The molecule has 2 heterocycles. The second-order valence-corrected chi connectivity index (χ2v) is 5.89. The summed E-state index contributed by atoms with van der Waals surface area (Å²) in [5.41, 5.74) is 4.44. The molecule has 24 heavy (non-hydrogen) atoms. The van der Waals surface area contributed by atoms with Crippen LogP contribution in [0.15, 0.2) is 85.2 Å². The first kappa shape index (κ1) is 13.2. The number of nitrogens with zero attached hydrogens (tertiary/aromatic N) is 2. The zero-order valence-corrected chi connectivity index (χ0v) is 13.0. The highest BCUT2D eigenvalue weighted by Gasteiger charge is 2.13. The second kappa shape index (κ2) is 5.14. The Morgan fingerprint density at radius 1 is 0.500 bits per heavy atom. The first-order valence-corrected chi connectivity index (χ1v) is 8.03. The van der Waals surface area contributed by atoms with Crippen molar-refractivity contribution in [2.24, 2.45) is 0 Å². The van der Waals surface area contributed by atoms with Gasteiger partial charge < -0.3 is 0 Å². The zero-order chi connectivity index (χ0) is 15.9. The molecule has 2 aromatic heterocycles. The maximum absolute atomic E-state index is 4.71. The highest BCUT2D eigenvalue weighted by Crippen LogP contribution is 2.38. The normalized spacial score (nSPS) is 11.3. The van der Waals surface area contributed by atoms with Gasteiger partial charge in [-0.05, 0) is 34.7 Å². The first-order chi connectivity index (χ1) is 11.9. The van der Waals surface area contributed by atoms with Gasteiger partial charge in [-0.1, -0.05) is 54.6 Å². The molecule has 0 atom stereocenters. The molecule has 0 unspecified atom stereocenters. The van der Waals surface area contributed by atoms with Gasteiger partial charge in [0, 0.05) is 28.6 Å². The van der Waals surface area contributed by atoms with E-state index in [0.717, 1.165) is 16.4 Å². The van der Waals surface area contributed by atoms with Crippen LogP contribution in [0.25, 0.3) is 43.7 Å². The largest absolute Gasteiger partial charge is 0.256 e. The van der Waals surface area contributed by atoms with Crippen molar-refractivity contribution in [1.82, 2.24) is 9.97 Å². The van der Waals surface area contributed by atoms with E-state index in [-0.39, 0.29) is 0 Å². The van der Waals surface area contributed by atoms with Gasteiger partial charge in [-0.3, -0.25) is 9.97 Å². The monoisotopic (exact) mass is 306 g/mol. The van der Waals surface area contributed by atoms with E-state index < -0.39 is 0 Å². The summed E-state index contributed by atoms with van der Waals surface area (Å²) in [7, 11) is 0. The fraction of sp³-hybridized carbons (Fsp3) is 0. The first-order valence-electron chi connectivity index (χ1n) is 8.03. The number of fused-ring (bicyclic) bond motifs is 6. The minimum Gasteiger partial charge on any atom is -0.256 e. The van der Waals surface area contributed by atoms with E-state index in [4.69, 9.17) is 4.98 Å². The fourth-order valence-corrected chi connectivity index (χ4v) is 3.52. The van der Waals surface area contributed by atoms with Gasteiger partial charge in [0.15, 0.2) is 0 Å². The van der Waals surface area contributed by atoms with Crippen molar-refractivity contribution < 1.29 is 0 Å². The van der Waals surface area contributed by atoms with Gasteiger partial charge in [-0.25, -0.2) is 0 Å². The Hall–Kier alpha value is -3.26. The molecule has 2 heteroatoms. The van der Waals surface area contributed by atoms with Crippen LogP contribution in [0.3, 0.4) is 0 Å². The lowest BCUT2D eigenvalue weighted by atomic mass is 9.93. The smallest absolute Gasteiger partial charge is 0.0808 e. The van der Waals surface area contributed by atoms with Crippen LogP contribution in [0.5, 0.6) is 0 Å². The van der Waals surface area contributed by atoms with Gasteiger partial charge in [0.2, 0.25) is 0 Å². The van der Waals surface area contributed by atoms with Crippen LogP contribution in [-0.2, 0) is 0 Å². The molecule has 2 nitrogen and oxygen atoms in total. The fourth-order valence-electron chi connectivity index (χ4n) is 3.52. The predicted molar refractivity (Wildman–Crippen MR) is 100.0 cm³/mol. The van der Waals surface area contributed by atoms with E-state index in [0.29, 0.717) is 0 Å². The van der Waals surface area contributed by atoms with Crippen molar-refractivity contribution in [1.29, 1.82) is 0 Å². The molecule has 3 aromatic carbocycles. The molecule has 0 aliphatic carbocycles. The Kier molecular flexibility index (Phi) is 2.83. The molecule has 0 N–H and O–H groups in total. The third kappa shape index (κ3) is 1.83. The summed E-state index contributed by atoms with van der Waals surface area (Å²) in [6.45, 7) is 0. The molecule has 0 aliphatic rings. The number of rotatable bonds is 1. The number of benzene rings is 3. The van der Waals surface area contributed by atoms with E-state index in [1.54, 1.807) is 0 Å². The van der Waals surface area contributed by atoms with Crippen LogP contribution >= 0.6 is 0 Å². The maximum atomic E-state index is 4.71.